The molecule has 2 N–H and O–H groups in total. The number of nitrogens with zero attached hydrogens (tertiary/aromatic N) is 1. The van der Waals surface area contributed by atoms with Crippen LogP contribution in [0.3, 0.4) is 0 Å². The van der Waals surface area contributed by atoms with Crippen LogP contribution in [0.15, 0.2) is 34.7 Å². The summed E-state index contributed by atoms with van der Waals surface area (Å²) in [6, 6.07) is 8.15. The minimum absolute atomic E-state index is 0.138. The summed E-state index contributed by atoms with van der Waals surface area (Å²) in [5.41, 5.74) is 0.0958. The summed E-state index contributed by atoms with van der Waals surface area (Å²) in [7, 11) is 0. The molecule has 0 spiro atoms. The van der Waals surface area contributed by atoms with Crippen molar-refractivity contribution in [1.29, 1.82) is 0 Å². The molecule has 7 heteroatoms. The third-order valence-electron chi connectivity index (χ3n) is 3.94. The van der Waals surface area contributed by atoms with Gasteiger partial charge in [0, 0.05) is 18.5 Å². The Labute approximate surface area is 145 Å². The Balaban J connectivity index is 1.64. The van der Waals surface area contributed by atoms with Gasteiger partial charge in [-0.1, -0.05) is 18.2 Å². The van der Waals surface area contributed by atoms with Gasteiger partial charge in [0.25, 0.3) is 0 Å². The third kappa shape index (κ3) is 3.93. The number of furan rings is 1. The Morgan fingerprint density at radius 1 is 1.32 bits per heavy atom. The van der Waals surface area contributed by atoms with E-state index < -0.39 is 23.7 Å². The van der Waals surface area contributed by atoms with Gasteiger partial charge in [0.2, 0.25) is 0 Å². The molecule has 1 aliphatic heterocycles. The molecule has 1 atom stereocenters. The number of carbonyl (C=O) groups is 2. The number of aliphatic carboxylic acids is 1. The fourth-order valence-corrected chi connectivity index (χ4v) is 2.88. The van der Waals surface area contributed by atoms with Crippen LogP contribution in [0.25, 0.3) is 11.0 Å². The summed E-state index contributed by atoms with van der Waals surface area (Å²) in [4.78, 5) is 25.2. The second-order valence-corrected chi connectivity index (χ2v) is 7.22. The number of likely N-dealkylation sites (tertiary alicyclic amines) is 1. The molecule has 0 saturated carbocycles. The van der Waals surface area contributed by atoms with Crippen molar-refractivity contribution in [3.63, 3.8) is 0 Å². The largest absolute Gasteiger partial charge is 0.480 e. The maximum absolute atomic E-state index is 11.8. The van der Waals surface area contributed by atoms with Crippen molar-refractivity contribution in [3.8, 4) is 0 Å². The minimum atomic E-state index is -0.977. The highest BCUT2D eigenvalue weighted by Gasteiger charge is 2.40. The molecule has 1 fully saturated rings. The SMILES string of the molecule is CC(C)(C)OC(=O)NC1CN([C@H](C(=O)O)c2cc3ccccc3o2)C1. The first-order valence-corrected chi connectivity index (χ1v) is 8.18. The Morgan fingerprint density at radius 2 is 2.00 bits per heavy atom. The van der Waals surface area contributed by atoms with Crippen LogP contribution in [-0.4, -0.2) is 46.8 Å². The molecule has 3 rings (SSSR count). The summed E-state index contributed by atoms with van der Waals surface area (Å²) in [5.74, 6) is -0.584. The summed E-state index contributed by atoms with van der Waals surface area (Å²) >= 11 is 0. The van der Waals surface area contributed by atoms with Gasteiger partial charge in [-0.15, -0.1) is 0 Å². The highest BCUT2D eigenvalue weighted by Crippen LogP contribution is 2.31. The van der Waals surface area contributed by atoms with E-state index in [4.69, 9.17) is 9.15 Å². The molecule has 0 radical (unpaired) electrons. The molecule has 2 aromatic rings. The number of ether oxygens (including phenoxy) is 1. The van der Waals surface area contributed by atoms with Crippen LogP contribution < -0.4 is 5.32 Å². The van der Waals surface area contributed by atoms with E-state index in [1.807, 2.05) is 18.2 Å². The molecule has 0 unspecified atom stereocenters. The van der Waals surface area contributed by atoms with E-state index in [0.717, 1.165) is 5.39 Å². The highest BCUT2D eigenvalue weighted by molar-refractivity contribution is 5.81. The van der Waals surface area contributed by atoms with Gasteiger partial charge in [-0.05, 0) is 32.9 Å². The number of carboxylic acids is 1. The predicted octanol–water partition coefficient (Wildman–Crippen LogP) is 2.77. The van der Waals surface area contributed by atoms with E-state index in [-0.39, 0.29) is 6.04 Å². The predicted molar refractivity (Wildman–Crippen MR) is 91.3 cm³/mol. The first-order valence-electron chi connectivity index (χ1n) is 8.18. The topological polar surface area (TPSA) is 92.0 Å². The average Bonchev–Trinajstić information content (AvgIpc) is 2.85. The molecule has 7 nitrogen and oxygen atoms in total. The van der Waals surface area contributed by atoms with E-state index >= 15 is 0 Å². The van der Waals surface area contributed by atoms with Crippen LogP contribution in [-0.2, 0) is 9.53 Å². The number of carbonyl (C=O) groups excluding carboxylic acids is 1. The molecule has 134 valence electrons. The van der Waals surface area contributed by atoms with Crippen molar-refractivity contribution in [2.45, 2.75) is 38.5 Å². The van der Waals surface area contributed by atoms with Gasteiger partial charge in [-0.2, -0.15) is 0 Å². The van der Waals surface area contributed by atoms with Crippen molar-refractivity contribution < 1.29 is 23.8 Å². The van der Waals surface area contributed by atoms with Gasteiger partial charge in [-0.25, -0.2) is 4.79 Å². The maximum atomic E-state index is 11.8. The monoisotopic (exact) mass is 346 g/mol. The molecular weight excluding hydrogens is 324 g/mol. The first kappa shape index (κ1) is 17.3. The molecule has 1 saturated heterocycles. The minimum Gasteiger partial charge on any atom is -0.480 e. The standard InChI is InChI=1S/C18H22N2O5/c1-18(2,3)25-17(23)19-12-9-20(10-12)15(16(21)22)14-8-11-6-4-5-7-13(11)24-14/h4-8,12,15H,9-10H2,1-3H3,(H,19,23)(H,21,22)/t15-/m0/s1. The fraction of sp³-hybridized carbons (Fsp3) is 0.444. The van der Waals surface area contributed by atoms with Crippen molar-refractivity contribution in [2.75, 3.05) is 13.1 Å². The molecule has 0 aliphatic carbocycles. The summed E-state index contributed by atoms with van der Waals surface area (Å²) < 4.78 is 10.9. The summed E-state index contributed by atoms with van der Waals surface area (Å²) in [5, 5.41) is 13.2. The Morgan fingerprint density at radius 3 is 2.60 bits per heavy atom. The second-order valence-electron chi connectivity index (χ2n) is 7.22. The number of hydrogen-bond acceptors (Lipinski definition) is 5. The van der Waals surface area contributed by atoms with Gasteiger partial charge >= 0.3 is 12.1 Å². The highest BCUT2D eigenvalue weighted by atomic mass is 16.6. The zero-order chi connectivity index (χ0) is 18.2. The van der Waals surface area contributed by atoms with Crippen molar-refractivity contribution in [3.05, 3.63) is 36.1 Å². The molecule has 1 aromatic carbocycles. The Kier molecular flexibility index (Phi) is 4.43. The zero-order valence-corrected chi connectivity index (χ0v) is 14.5. The Bertz CT molecular complexity index is 753. The van der Waals surface area contributed by atoms with Gasteiger partial charge in [-0.3, -0.25) is 9.69 Å². The number of fused-ring (bicyclic) bond motifs is 1. The number of nitrogens with one attached hydrogen (secondary N) is 1. The summed E-state index contributed by atoms with van der Waals surface area (Å²) in [6.45, 7) is 6.23. The van der Waals surface area contributed by atoms with Crippen LogP contribution in [0, 0.1) is 0 Å². The number of rotatable bonds is 4. The quantitative estimate of drug-likeness (QED) is 0.884. The average molecular weight is 346 g/mol. The number of alkyl carbamates (subject to hydrolysis) is 1. The van der Waals surface area contributed by atoms with Crippen LogP contribution in [0.5, 0.6) is 0 Å². The van der Waals surface area contributed by atoms with Crippen LogP contribution in [0.4, 0.5) is 4.79 Å². The van der Waals surface area contributed by atoms with Crippen molar-refractivity contribution >= 4 is 23.0 Å². The smallest absolute Gasteiger partial charge is 0.407 e. The normalized spacial score (nSPS) is 17.1. The number of para-hydroxylation sites is 1. The molecule has 1 amide bonds. The Hall–Kier alpha value is -2.54. The van der Waals surface area contributed by atoms with Crippen LogP contribution in [0.2, 0.25) is 0 Å². The molecule has 1 aliphatic rings. The van der Waals surface area contributed by atoms with Crippen LogP contribution in [0.1, 0.15) is 32.6 Å². The fourth-order valence-electron chi connectivity index (χ4n) is 2.88. The molecule has 2 heterocycles. The van der Waals surface area contributed by atoms with Gasteiger partial charge in [0.15, 0.2) is 6.04 Å². The van der Waals surface area contributed by atoms with Gasteiger partial charge < -0.3 is 19.6 Å². The van der Waals surface area contributed by atoms with Crippen molar-refractivity contribution in [2.24, 2.45) is 0 Å². The van der Waals surface area contributed by atoms with Gasteiger partial charge in [0.05, 0.1) is 6.04 Å². The maximum Gasteiger partial charge on any atom is 0.407 e. The molecule has 1 aromatic heterocycles. The van der Waals surface area contributed by atoms with E-state index in [0.29, 0.717) is 24.4 Å². The third-order valence-corrected chi connectivity index (χ3v) is 3.94. The number of benzene rings is 1. The second kappa shape index (κ2) is 6.40. The molecule has 0 bridgehead atoms. The number of hydrogen-bond donors (Lipinski definition) is 2. The van der Waals surface area contributed by atoms with E-state index in [1.54, 1.807) is 37.8 Å². The van der Waals surface area contributed by atoms with E-state index in [2.05, 4.69) is 5.32 Å². The van der Waals surface area contributed by atoms with Crippen LogP contribution >= 0.6 is 0 Å². The lowest BCUT2D eigenvalue weighted by molar-refractivity contribution is -0.146. The van der Waals surface area contributed by atoms with E-state index in [9.17, 15) is 14.7 Å². The lowest BCUT2D eigenvalue weighted by atomic mass is 10.0. The molecule has 25 heavy (non-hydrogen) atoms. The van der Waals surface area contributed by atoms with Crippen molar-refractivity contribution in [1.82, 2.24) is 10.2 Å². The lowest BCUT2D eigenvalue weighted by Crippen LogP contribution is -2.61. The number of amides is 1. The van der Waals surface area contributed by atoms with Gasteiger partial charge in [0.1, 0.15) is 16.9 Å². The first-order chi connectivity index (χ1) is 11.7. The molecular formula is C18H22N2O5. The summed E-state index contributed by atoms with van der Waals surface area (Å²) in [6.07, 6.45) is -0.493. The lowest BCUT2D eigenvalue weighted by Gasteiger charge is -2.42. The van der Waals surface area contributed by atoms with E-state index in [1.165, 1.54) is 0 Å². The zero-order valence-electron chi connectivity index (χ0n) is 14.5. The number of carboxylic acid groups (broad SMARTS) is 1.